The Morgan fingerprint density at radius 2 is 1.04 bits per heavy atom. The molecule has 0 unspecified atom stereocenters. The van der Waals surface area contributed by atoms with Crippen LogP contribution in [0.25, 0.3) is 43.5 Å². The quantitative estimate of drug-likeness (QED) is 0.104. The van der Waals surface area contributed by atoms with Crippen molar-refractivity contribution < 1.29 is 0 Å². The smallest absolute Gasteiger partial charge is 0.189 e. The van der Waals surface area contributed by atoms with Crippen LogP contribution in [0.1, 0.15) is 5.56 Å². The number of rotatable bonds is 6. The number of hydrogen-bond donors (Lipinski definition) is 0. The molecule has 0 amide bonds. The normalized spacial score (nSPS) is 11.3. The second-order valence-electron chi connectivity index (χ2n) is 11.9. The minimum atomic E-state index is -3.01. The van der Waals surface area contributed by atoms with Crippen LogP contribution in [0.2, 0.25) is 0 Å². The molecule has 7 aromatic carbocycles. The minimum Gasteiger partial charge on any atom is -0.310 e. The SMILES string of the molecule is [C-]#[N+]c1cc(-c2ccc(C#N)cc2[Si](c2ccccc2)(c2ccccc2)c2ccccc2)cc(-n2c3ccccc3c3ccccc32)c1. The van der Waals surface area contributed by atoms with Crippen molar-refractivity contribution in [2.75, 3.05) is 0 Å². The maximum absolute atomic E-state index is 10.3. The van der Waals surface area contributed by atoms with Crippen LogP contribution in [-0.4, -0.2) is 12.6 Å². The monoisotopic (exact) mass is 627 g/mol. The van der Waals surface area contributed by atoms with Gasteiger partial charge in [-0.1, -0.05) is 133 Å². The summed E-state index contributed by atoms with van der Waals surface area (Å²) in [4.78, 5) is 3.98. The van der Waals surface area contributed by atoms with Crippen molar-refractivity contribution in [2.45, 2.75) is 0 Å². The molecule has 0 aliphatic rings. The molecule has 0 bridgehead atoms. The molecule has 0 spiro atoms. The largest absolute Gasteiger partial charge is 0.310 e. The van der Waals surface area contributed by atoms with Crippen LogP contribution in [-0.2, 0) is 0 Å². The van der Waals surface area contributed by atoms with Gasteiger partial charge in [0.25, 0.3) is 0 Å². The van der Waals surface area contributed by atoms with Crippen LogP contribution in [0.5, 0.6) is 0 Å². The molecule has 0 aliphatic carbocycles. The molecule has 1 heterocycles. The summed E-state index contributed by atoms with van der Waals surface area (Å²) in [6.45, 7) is 8.18. The Hall–Kier alpha value is -6.46. The molecule has 8 rings (SSSR count). The molecule has 4 heteroatoms. The van der Waals surface area contributed by atoms with Gasteiger partial charge in [0.15, 0.2) is 13.8 Å². The van der Waals surface area contributed by atoms with Crippen molar-refractivity contribution in [3.8, 4) is 22.9 Å². The zero-order chi connectivity index (χ0) is 32.5. The Balaban J connectivity index is 1.49. The summed E-state index contributed by atoms with van der Waals surface area (Å²) < 4.78 is 2.27. The lowest BCUT2D eigenvalue weighted by Gasteiger charge is -2.36. The molecule has 8 aromatic rings. The average Bonchev–Trinajstić information content (AvgIpc) is 3.51. The molecule has 0 N–H and O–H groups in total. The molecule has 0 saturated carbocycles. The van der Waals surface area contributed by atoms with E-state index >= 15 is 0 Å². The lowest BCUT2D eigenvalue weighted by atomic mass is 10.0. The fourth-order valence-corrected chi connectivity index (χ4v) is 12.4. The van der Waals surface area contributed by atoms with E-state index in [1.54, 1.807) is 0 Å². The predicted octanol–water partition coefficient (Wildman–Crippen LogP) is 8.25. The third-order valence-corrected chi connectivity index (χ3v) is 14.2. The van der Waals surface area contributed by atoms with E-state index in [0.717, 1.165) is 33.0 Å². The van der Waals surface area contributed by atoms with Gasteiger partial charge in [0.1, 0.15) is 0 Å². The lowest BCUT2D eigenvalue weighted by Crippen LogP contribution is -2.75. The summed E-state index contributed by atoms with van der Waals surface area (Å²) in [6, 6.07) is 63.8. The van der Waals surface area contributed by atoms with Crippen molar-refractivity contribution in [2.24, 2.45) is 0 Å². The summed E-state index contributed by atoms with van der Waals surface area (Å²) in [7, 11) is -3.01. The number of fused-ring (bicyclic) bond motifs is 3. The van der Waals surface area contributed by atoms with Gasteiger partial charge >= 0.3 is 0 Å². The van der Waals surface area contributed by atoms with E-state index in [2.05, 4.69) is 173 Å². The van der Waals surface area contributed by atoms with E-state index in [0.29, 0.717) is 11.3 Å². The molecular weight excluding hydrogens is 599 g/mol. The van der Waals surface area contributed by atoms with Crippen LogP contribution in [0.3, 0.4) is 0 Å². The van der Waals surface area contributed by atoms with Gasteiger partial charge in [-0.2, -0.15) is 5.26 Å². The van der Waals surface area contributed by atoms with Gasteiger partial charge in [-0.25, -0.2) is 4.85 Å². The molecule has 0 saturated heterocycles. The highest BCUT2D eigenvalue weighted by atomic mass is 28.3. The van der Waals surface area contributed by atoms with Crippen LogP contribution in [0.4, 0.5) is 5.69 Å². The van der Waals surface area contributed by atoms with Crippen molar-refractivity contribution >= 4 is 56.3 Å². The van der Waals surface area contributed by atoms with E-state index in [9.17, 15) is 5.26 Å². The summed E-state index contributed by atoms with van der Waals surface area (Å²) >= 11 is 0. The fourth-order valence-electron chi connectivity index (χ4n) is 7.35. The van der Waals surface area contributed by atoms with Crippen molar-refractivity contribution in [3.63, 3.8) is 0 Å². The third-order valence-electron chi connectivity index (χ3n) is 9.35. The molecule has 0 fully saturated rings. The van der Waals surface area contributed by atoms with Gasteiger partial charge in [-0.15, -0.1) is 0 Å². The Labute approximate surface area is 281 Å². The lowest BCUT2D eigenvalue weighted by molar-refractivity contribution is 1.18. The predicted molar refractivity (Wildman–Crippen MR) is 201 cm³/mol. The molecule has 0 radical (unpaired) electrons. The summed E-state index contributed by atoms with van der Waals surface area (Å²) in [5.41, 5.74) is 6.24. The van der Waals surface area contributed by atoms with E-state index in [1.807, 2.05) is 18.2 Å². The summed E-state index contributed by atoms with van der Waals surface area (Å²) in [5.74, 6) is 0. The molecular formula is C44H29N3Si. The summed E-state index contributed by atoms with van der Waals surface area (Å²) in [5, 5.41) is 17.4. The van der Waals surface area contributed by atoms with Gasteiger partial charge in [0.2, 0.25) is 0 Å². The molecule has 3 nitrogen and oxygen atoms in total. The maximum atomic E-state index is 10.3. The number of para-hydroxylation sites is 2. The standard InChI is InChI=1S/C44H29N3Si/c1-46-34-28-33(29-35(30-34)47-42-23-13-11-21-40(42)41-22-12-14-24-43(41)47)39-26-25-32(31-45)27-44(39)48(36-15-5-2-6-16-36,37-17-7-3-8-18-37)38-19-9-4-10-20-38/h2-30H. The van der Waals surface area contributed by atoms with Gasteiger partial charge in [0.05, 0.1) is 29.2 Å². The molecule has 0 atom stereocenters. The minimum absolute atomic E-state index is 0.561. The van der Waals surface area contributed by atoms with Gasteiger partial charge in [0, 0.05) is 16.5 Å². The first-order chi connectivity index (χ1) is 23.7. The topological polar surface area (TPSA) is 33.1 Å². The zero-order valence-corrected chi connectivity index (χ0v) is 27.1. The maximum Gasteiger partial charge on any atom is 0.189 e. The Morgan fingerprint density at radius 3 is 1.54 bits per heavy atom. The third kappa shape index (κ3) is 4.64. The number of nitrogens with zero attached hydrogens (tertiary/aromatic N) is 3. The van der Waals surface area contributed by atoms with Crippen molar-refractivity contribution in [1.29, 1.82) is 5.26 Å². The van der Waals surface area contributed by atoms with Gasteiger partial charge in [-0.05, 0) is 74.3 Å². The van der Waals surface area contributed by atoms with E-state index in [1.165, 1.54) is 26.3 Å². The van der Waals surface area contributed by atoms with Crippen LogP contribution in [0, 0.1) is 17.9 Å². The van der Waals surface area contributed by atoms with E-state index in [-0.39, 0.29) is 0 Å². The number of hydrogen-bond acceptors (Lipinski definition) is 1. The van der Waals surface area contributed by atoms with E-state index in [4.69, 9.17) is 6.57 Å². The number of nitriles is 1. The average molecular weight is 628 g/mol. The Bertz CT molecular complexity index is 2370. The van der Waals surface area contributed by atoms with Crippen LogP contribution in [0.15, 0.2) is 176 Å². The Morgan fingerprint density at radius 1 is 0.542 bits per heavy atom. The fraction of sp³-hybridized carbons (Fsp3) is 0. The van der Waals surface area contributed by atoms with Crippen LogP contribution < -0.4 is 20.7 Å². The first-order valence-electron chi connectivity index (χ1n) is 15.9. The highest BCUT2D eigenvalue weighted by Crippen LogP contribution is 2.35. The number of benzene rings is 7. The first-order valence-corrected chi connectivity index (χ1v) is 17.9. The van der Waals surface area contributed by atoms with Crippen molar-refractivity contribution in [1.82, 2.24) is 4.57 Å². The van der Waals surface area contributed by atoms with Gasteiger partial charge in [-0.3, -0.25) is 0 Å². The van der Waals surface area contributed by atoms with Crippen LogP contribution >= 0.6 is 0 Å². The second-order valence-corrected chi connectivity index (χ2v) is 15.7. The molecule has 0 aliphatic heterocycles. The molecule has 1 aromatic heterocycles. The molecule has 48 heavy (non-hydrogen) atoms. The summed E-state index contributed by atoms with van der Waals surface area (Å²) in [6.07, 6.45) is 0. The highest BCUT2D eigenvalue weighted by molar-refractivity contribution is 7.20. The van der Waals surface area contributed by atoms with E-state index < -0.39 is 8.07 Å². The molecule has 224 valence electrons. The highest BCUT2D eigenvalue weighted by Gasteiger charge is 2.43. The number of aromatic nitrogens is 1. The van der Waals surface area contributed by atoms with Crippen molar-refractivity contribution in [3.05, 3.63) is 193 Å². The van der Waals surface area contributed by atoms with Gasteiger partial charge < -0.3 is 4.57 Å². The zero-order valence-electron chi connectivity index (χ0n) is 26.1. The second kappa shape index (κ2) is 12.0. The first kappa shape index (κ1) is 29.0. The Kier molecular flexibility index (Phi) is 7.27.